The van der Waals surface area contributed by atoms with Gasteiger partial charge in [-0.3, -0.25) is 4.79 Å². The van der Waals surface area contributed by atoms with Gasteiger partial charge < -0.3 is 4.74 Å². The summed E-state index contributed by atoms with van der Waals surface area (Å²) in [4.78, 5) is 16.5. The molecule has 0 aliphatic carbocycles. The number of benzene rings is 3. The van der Waals surface area contributed by atoms with E-state index in [4.69, 9.17) is 11.6 Å². The molecule has 4 aromatic rings. The van der Waals surface area contributed by atoms with E-state index in [1.807, 2.05) is 36.4 Å². The van der Waals surface area contributed by atoms with Gasteiger partial charge in [-0.2, -0.15) is 0 Å². The van der Waals surface area contributed by atoms with Crippen molar-refractivity contribution in [2.24, 2.45) is 0 Å². The van der Waals surface area contributed by atoms with E-state index in [0.717, 1.165) is 16.7 Å². The molecule has 0 fully saturated rings. The van der Waals surface area contributed by atoms with Gasteiger partial charge in [-0.05, 0) is 53.9 Å². The molecule has 3 aromatic carbocycles. The summed E-state index contributed by atoms with van der Waals surface area (Å²) in [7, 11) is 0. The third-order valence-electron chi connectivity index (χ3n) is 5.05. The summed E-state index contributed by atoms with van der Waals surface area (Å²) in [6, 6.07) is 20.2. The highest BCUT2D eigenvalue weighted by atomic mass is 35.5. The van der Waals surface area contributed by atoms with Gasteiger partial charge in [0.25, 0.3) is 0 Å². The van der Waals surface area contributed by atoms with Gasteiger partial charge in [0, 0.05) is 23.4 Å². The van der Waals surface area contributed by atoms with E-state index in [1.165, 1.54) is 35.3 Å². The molecule has 174 valence electrons. The number of rotatable bonds is 8. The van der Waals surface area contributed by atoms with Gasteiger partial charge in [0.15, 0.2) is 5.82 Å². The molecule has 5 nitrogen and oxygen atoms in total. The molecule has 0 unspecified atom stereocenters. The van der Waals surface area contributed by atoms with Gasteiger partial charge in [0.2, 0.25) is 0 Å². The van der Waals surface area contributed by atoms with Crippen molar-refractivity contribution in [2.45, 2.75) is 25.6 Å². The number of ketones is 1. The average molecular weight is 486 g/mol. The maximum Gasteiger partial charge on any atom is 0.573 e. The Hall–Kier alpha value is -3.65. The Labute approximate surface area is 198 Å². The highest BCUT2D eigenvalue weighted by molar-refractivity contribution is 6.30. The minimum Gasteiger partial charge on any atom is -0.406 e. The topological polar surface area (TPSA) is 57.0 Å². The molecule has 34 heavy (non-hydrogen) atoms. The number of carbonyl (C=O) groups excluding carboxylic acids is 1. The van der Waals surface area contributed by atoms with Crippen LogP contribution >= 0.6 is 11.6 Å². The van der Waals surface area contributed by atoms with Gasteiger partial charge in [-0.25, -0.2) is 9.67 Å². The molecule has 0 aliphatic heterocycles. The first-order valence-corrected chi connectivity index (χ1v) is 10.8. The molecule has 1 aromatic heterocycles. The Kier molecular flexibility index (Phi) is 6.98. The van der Waals surface area contributed by atoms with Gasteiger partial charge in [-0.1, -0.05) is 48.0 Å². The van der Waals surface area contributed by atoms with Crippen molar-refractivity contribution in [1.82, 2.24) is 14.8 Å². The zero-order valence-corrected chi connectivity index (χ0v) is 18.6. The Morgan fingerprint density at radius 1 is 0.912 bits per heavy atom. The fraction of sp³-hybridized carbons (Fsp3) is 0.160. The molecule has 0 N–H and O–H groups in total. The molecule has 9 heteroatoms. The number of carbonyl (C=O) groups is 1. The molecular formula is C25H19ClF3N3O2. The largest absolute Gasteiger partial charge is 0.573 e. The summed E-state index contributed by atoms with van der Waals surface area (Å²) in [6.45, 7) is 0. The van der Waals surface area contributed by atoms with E-state index in [2.05, 4.69) is 14.8 Å². The molecule has 0 radical (unpaired) electrons. The Morgan fingerprint density at radius 2 is 1.56 bits per heavy atom. The van der Waals surface area contributed by atoms with E-state index in [0.29, 0.717) is 35.8 Å². The summed E-state index contributed by atoms with van der Waals surface area (Å²) < 4.78 is 42.3. The second-order valence-corrected chi connectivity index (χ2v) is 8.03. The molecule has 0 amide bonds. The van der Waals surface area contributed by atoms with Gasteiger partial charge in [0.1, 0.15) is 17.9 Å². The molecule has 0 saturated heterocycles. The summed E-state index contributed by atoms with van der Waals surface area (Å²) in [5.41, 5.74) is 3.29. The first kappa shape index (κ1) is 23.5. The Bertz CT molecular complexity index is 1250. The van der Waals surface area contributed by atoms with Crippen LogP contribution in [0.5, 0.6) is 5.75 Å². The Balaban J connectivity index is 1.34. The van der Waals surface area contributed by atoms with E-state index in [1.54, 1.807) is 12.1 Å². The summed E-state index contributed by atoms with van der Waals surface area (Å²) in [5, 5.41) is 5.03. The number of alkyl halides is 3. The normalized spacial score (nSPS) is 11.4. The number of ether oxygens (including phenoxy) is 1. The van der Waals surface area contributed by atoms with Crippen LogP contribution in [0.15, 0.2) is 79.1 Å². The van der Waals surface area contributed by atoms with Crippen molar-refractivity contribution < 1.29 is 22.7 Å². The van der Waals surface area contributed by atoms with Gasteiger partial charge in [0.05, 0.1) is 5.69 Å². The molecule has 0 spiro atoms. The third kappa shape index (κ3) is 6.45. The van der Waals surface area contributed by atoms with Crippen LogP contribution in [0.3, 0.4) is 0 Å². The number of aromatic nitrogens is 3. The van der Waals surface area contributed by atoms with Crippen LogP contribution in [0.25, 0.3) is 17.1 Å². The maximum absolute atomic E-state index is 12.3. The lowest BCUT2D eigenvalue weighted by Crippen LogP contribution is -2.17. The number of hydrogen-bond donors (Lipinski definition) is 0. The van der Waals surface area contributed by atoms with Crippen LogP contribution in [-0.4, -0.2) is 26.9 Å². The van der Waals surface area contributed by atoms with Crippen molar-refractivity contribution in [2.75, 3.05) is 0 Å². The lowest BCUT2D eigenvalue weighted by atomic mass is 10.0. The highest BCUT2D eigenvalue weighted by Crippen LogP contribution is 2.24. The number of aryl methyl sites for hydroxylation is 1. The second kappa shape index (κ2) is 10.1. The lowest BCUT2D eigenvalue weighted by molar-refractivity contribution is -0.274. The van der Waals surface area contributed by atoms with E-state index >= 15 is 0 Å². The number of hydrogen-bond acceptors (Lipinski definition) is 4. The van der Waals surface area contributed by atoms with Crippen LogP contribution in [0.4, 0.5) is 13.2 Å². The zero-order valence-electron chi connectivity index (χ0n) is 17.8. The van der Waals surface area contributed by atoms with Crippen molar-refractivity contribution in [3.05, 3.63) is 95.3 Å². The van der Waals surface area contributed by atoms with Crippen LogP contribution in [0.2, 0.25) is 5.02 Å². The molecule has 0 bridgehead atoms. The maximum atomic E-state index is 12.3. The van der Waals surface area contributed by atoms with Crippen LogP contribution in [0, 0.1) is 0 Å². The molecule has 0 aliphatic rings. The van der Waals surface area contributed by atoms with Crippen molar-refractivity contribution in [1.29, 1.82) is 0 Å². The van der Waals surface area contributed by atoms with Crippen LogP contribution in [-0.2, 0) is 17.6 Å². The molecule has 4 rings (SSSR count). The molecule has 0 atom stereocenters. The van der Waals surface area contributed by atoms with E-state index in [9.17, 15) is 18.0 Å². The monoisotopic (exact) mass is 485 g/mol. The molecular weight excluding hydrogens is 467 g/mol. The fourth-order valence-electron chi connectivity index (χ4n) is 3.34. The number of nitrogens with zero attached hydrogens (tertiary/aromatic N) is 3. The minimum atomic E-state index is -4.74. The predicted molar refractivity (Wildman–Crippen MR) is 122 cm³/mol. The van der Waals surface area contributed by atoms with Gasteiger partial charge >= 0.3 is 6.36 Å². The molecule has 0 saturated carbocycles. The van der Waals surface area contributed by atoms with Crippen molar-refractivity contribution in [3.63, 3.8) is 0 Å². The summed E-state index contributed by atoms with van der Waals surface area (Å²) >= 11 is 5.87. The van der Waals surface area contributed by atoms with Crippen LogP contribution in [0.1, 0.15) is 17.5 Å². The summed E-state index contributed by atoms with van der Waals surface area (Å²) in [5.74, 6) is 0.318. The first-order chi connectivity index (χ1) is 16.2. The summed E-state index contributed by atoms with van der Waals surface area (Å²) in [6.07, 6.45) is -1.82. The standard InChI is InChI=1S/C25H19ClF3N3O2/c26-20-8-3-18(4-9-20)15-22(33)12-5-17-1-6-19(7-2-17)24-30-16-32(31-24)21-10-13-23(14-11-21)34-25(27,28)29/h1-4,6-11,13-14,16H,5,12,15H2. The number of Topliss-reactive ketones (excluding diaryl/α,β-unsaturated/α-hetero) is 1. The zero-order chi connectivity index (χ0) is 24.1. The first-order valence-electron chi connectivity index (χ1n) is 10.4. The quantitative estimate of drug-likeness (QED) is 0.297. The van der Waals surface area contributed by atoms with E-state index < -0.39 is 6.36 Å². The van der Waals surface area contributed by atoms with Crippen molar-refractivity contribution in [3.8, 4) is 22.8 Å². The van der Waals surface area contributed by atoms with Crippen molar-refractivity contribution >= 4 is 17.4 Å². The molecule has 1 heterocycles. The Morgan fingerprint density at radius 3 is 2.21 bits per heavy atom. The highest BCUT2D eigenvalue weighted by Gasteiger charge is 2.31. The number of halogens is 4. The van der Waals surface area contributed by atoms with Gasteiger partial charge in [-0.15, -0.1) is 18.3 Å². The third-order valence-corrected chi connectivity index (χ3v) is 5.30. The fourth-order valence-corrected chi connectivity index (χ4v) is 3.47. The smallest absolute Gasteiger partial charge is 0.406 e. The SMILES string of the molecule is O=C(CCc1ccc(-c2ncn(-c3ccc(OC(F)(F)F)cc3)n2)cc1)Cc1ccc(Cl)cc1. The second-order valence-electron chi connectivity index (χ2n) is 7.59. The average Bonchev–Trinajstić information content (AvgIpc) is 3.29. The predicted octanol–water partition coefficient (Wildman–Crippen LogP) is 6.23. The minimum absolute atomic E-state index is 0.151. The van der Waals surface area contributed by atoms with E-state index in [-0.39, 0.29) is 11.5 Å². The van der Waals surface area contributed by atoms with Crippen LogP contribution < -0.4 is 4.74 Å². The lowest BCUT2D eigenvalue weighted by Gasteiger charge is -2.09.